The lowest BCUT2D eigenvalue weighted by atomic mass is 10.1. The van der Waals surface area contributed by atoms with Gasteiger partial charge in [-0.2, -0.15) is 4.68 Å². The molecule has 0 radical (unpaired) electrons. The molecule has 0 aliphatic carbocycles. The van der Waals surface area contributed by atoms with Crippen molar-refractivity contribution in [2.75, 3.05) is 13.1 Å². The first-order valence-electron chi connectivity index (χ1n) is 9.56. The van der Waals surface area contributed by atoms with Crippen LogP contribution in [0.15, 0.2) is 48.5 Å². The fourth-order valence-electron chi connectivity index (χ4n) is 3.64. The summed E-state index contributed by atoms with van der Waals surface area (Å²) in [5, 5.41) is 14.4. The van der Waals surface area contributed by atoms with Crippen LogP contribution >= 0.6 is 12.2 Å². The van der Waals surface area contributed by atoms with E-state index in [-0.39, 0.29) is 11.9 Å². The quantitative estimate of drug-likeness (QED) is 0.663. The molecule has 0 atom stereocenters. The number of nitrogens with zero attached hydrogens (tertiary/aromatic N) is 3. The van der Waals surface area contributed by atoms with E-state index in [0.29, 0.717) is 22.8 Å². The average Bonchev–Trinajstić information content (AvgIpc) is 3.01. The zero-order valence-electron chi connectivity index (χ0n) is 15.8. The van der Waals surface area contributed by atoms with Crippen LogP contribution in [0.1, 0.15) is 18.4 Å². The minimum Gasteiger partial charge on any atom is -0.393 e. The van der Waals surface area contributed by atoms with Crippen LogP contribution in [0, 0.1) is 17.5 Å². The van der Waals surface area contributed by atoms with Crippen molar-refractivity contribution < 1.29 is 14.4 Å². The van der Waals surface area contributed by atoms with Crippen molar-refractivity contribution in [2.45, 2.75) is 32.5 Å². The molecule has 146 valence electrons. The van der Waals surface area contributed by atoms with E-state index in [1.807, 2.05) is 35.8 Å². The number of aromatic nitrogens is 3. The Balaban J connectivity index is 1.79. The van der Waals surface area contributed by atoms with Gasteiger partial charge in [-0.1, -0.05) is 29.8 Å². The van der Waals surface area contributed by atoms with Crippen LogP contribution in [0.3, 0.4) is 0 Å². The fraction of sp³-hybridized carbons (Fsp3) is 0.333. The fourth-order valence-corrected chi connectivity index (χ4v) is 3.93. The van der Waals surface area contributed by atoms with Crippen LogP contribution in [0.5, 0.6) is 0 Å². The van der Waals surface area contributed by atoms with Gasteiger partial charge in [0.1, 0.15) is 5.82 Å². The van der Waals surface area contributed by atoms with Gasteiger partial charge in [0, 0.05) is 18.5 Å². The third-order valence-corrected chi connectivity index (χ3v) is 5.68. The van der Waals surface area contributed by atoms with Crippen molar-refractivity contribution in [1.82, 2.24) is 14.3 Å². The van der Waals surface area contributed by atoms with Crippen molar-refractivity contribution in [1.29, 1.82) is 0 Å². The summed E-state index contributed by atoms with van der Waals surface area (Å²) < 4.78 is 18.7. The maximum atomic E-state index is 14.5. The smallest absolute Gasteiger partial charge is 0.207 e. The topological polar surface area (TPSA) is 47.4 Å². The maximum Gasteiger partial charge on any atom is 0.207 e. The van der Waals surface area contributed by atoms with Crippen molar-refractivity contribution >= 4 is 12.2 Å². The molecule has 0 bridgehead atoms. The summed E-state index contributed by atoms with van der Waals surface area (Å²) in [4.78, 5) is 1.31. The molecule has 0 amide bonds. The van der Waals surface area contributed by atoms with E-state index >= 15 is 0 Å². The average molecular weight is 400 g/mol. The minimum atomic E-state index is -0.323. The molecule has 1 aliphatic heterocycles. The number of quaternary nitrogens is 1. The van der Waals surface area contributed by atoms with Crippen LogP contribution < -0.4 is 4.90 Å². The third kappa shape index (κ3) is 3.78. The number of hydrogen-bond donors (Lipinski definition) is 2. The van der Waals surface area contributed by atoms with Gasteiger partial charge in [0.2, 0.25) is 4.77 Å². The molecule has 0 spiro atoms. The minimum absolute atomic E-state index is 0.212. The monoisotopic (exact) mass is 399 g/mol. The molecule has 4 rings (SSSR count). The van der Waals surface area contributed by atoms with E-state index in [1.165, 1.54) is 11.0 Å². The highest BCUT2D eigenvalue weighted by Crippen LogP contribution is 2.25. The van der Waals surface area contributed by atoms with Crippen molar-refractivity contribution in [2.24, 2.45) is 0 Å². The molecule has 1 aliphatic rings. The number of likely N-dealkylation sites (tertiary alicyclic amines) is 1. The van der Waals surface area contributed by atoms with Gasteiger partial charge in [-0.15, -0.1) is 5.10 Å². The van der Waals surface area contributed by atoms with E-state index in [2.05, 4.69) is 0 Å². The molecule has 1 fully saturated rings. The highest BCUT2D eigenvalue weighted by atomic mass is 32.1. The highest BCUT2D eigenvalue weighted by Gasteiger charge is 2.23. The first-order chi connectivity index (χ1) is 13.5. The summed E-state index contributed by atoms with van der Waals surface area (Å²) in [6.07, 6.45) is 1.35. The van der Waals surface area contributed by atoms with Gasteiger partial charge in [0.25, 0.3) is 0 Å². The van der Waals surface area contributed by atoms with E-state index in [4.69, 9.17) is 17.3 Å². The molecule has 2 N–H and O–H groups in total. The lowest BCUT2D eigenvalue weighted by Crippen LogP contribution is -3.12. The number of benzene rings is 2. The largest absolute Gasteiger partial charge is 0.393 e. The summed E-state index contributed by atoms with van der Waals surface area (Å²) in [6, 6.07) is 14.6. The van der Waals surface area contributed by atoms with E-state index in [9.17, 15) is 9.50 Å². The Morgan fingerprint density at radius 3 is 2.50 bits per heavy atom. The molecule has 28 heavy (non-hydrogen) atoms. The number of aliphatic hydroxyl groups is 1. The number of aliphatic hydroxyl groups excluding tert-OH is 1. The van der Waals surface area contributed by atoms with Gasteiger partial charge >= 0.3 is 0 Å². The Kier molecular flexibility index (Phi) is 5.39. The van der Waals surface area contributed by atoms with Crippen LogP contribution in [0.4, 0.5) is 4.39 Å². The molecule has 2 heterocycles. The van der Waals surface area contributed by atoms with Crippen molar-refractivity contribution in [3.8, 4) is 17.1 Å². The predicted molar refractivity (Wildman–Crippen MR) is 108 cm³/mol. The van der Waals surface area contributed by atoms with E-state index in [1.54, 1.807) is 22.9 Å². The summed E-state index contributed by atoms with van der Waals surface area (Å²) in [6.45, 7) is 4.37. The van der Waals surface area contributed by atoms with Crippen molar-refractivity contribution in [3.63, 3.8) is 0 Å². The van der Waals surface area contributed by atoms with Crippen LogP contribution in [0.2, 0.25) is 0 Å². The first kappa shape index (κ1) is 19.0. The van der Waals surface area contributed by atoms with Crippen LogP contribution in [0.25, 0.3) is 17.1 Å². The maximum absolute atomic E-state index is 14.5. The molecule has 1 saturated heterocycles. The lowest BCUT2D eigenvalue weighted by molar-refractivity contribution is -0.929. The van der Waals surface area contributed by atoms with E-state index in [0.717, 1.165) is 37.2 Å². The molecule has 3 aromatic rings. The Hall–Kier alpha value is -2.35. The Morgan fingerprint density at radius 1 is 1.14 bits per heavy atom. The second-order valence-corrected chi connectivity index (χ2v) is 7.76. The Labute approximate surface area is 168 Å². The molecule has 1 aromatic heterocycles. The summed E-state index contributed by atoms with van der Waals surface area (Å²) >= 11 is 5.74. The molecule has 0 saturated carbocycles. The number of piperidine rings is 1. The molecule has 0 unspecified atom stereocenters. The third-order valence-electron chi connectivity index (χ3n) is 5.28. The van der Waals surface area contributed by atoms with Gasteiger partial charge in [-0.25, -0.2) is 4.39 Å². The highest BCUT2D eigenvalue weighted by molar-refractivity contribution is 7.71. The molecule has 7 heteroatoms. The Morgan fingerprint density at radius 2 is 1.82 bits per heavy atom. The molecule has 5 nitrogen and oxygen atoms in total. The number of rotatable bonds is 4. The summed E-state index contributed by atoms with van der Waals surface area (Å²) in [5.41, 5.74) is 2.44. The van der Waals surface area contributed by atoms with Gasteiger partial charge in [0.05, 0.1) is 24.8 Å². The normalized spacial score (nSPS) is 19.7. The number of aryl methyl sites for hydroxylation is 1. The van der Waals surface area contributed by atoms with Gasteiger partial charge in [-0.3, -0.25) is 4.57 Å². The van der Waals surface area contributed by atoms with Crippen molar-refractivity contribution in [3.05, 3.63) is 64.7 Å². The van der Waals surface area contributed by atoms with Gasteiger partial charge in [-0.05, 0) is 43.4 Å². The lowest BCUT2D eigenvalue weighted by Gasteiger charge is -2.26. The zero-order chi connectivity index (χ0) is 19.7. The van der Waals surface area contributed by atoms with Gasteiger partial charge < -0.3 is 10.0 Å². The zero-order valence-corrected chi connectivity index (χ0v) is 16.6. The second-order valence-electron chi connectivity index (χ2n) is 7.40. The standard InChI is InChI=1S/C21H23FN4OS/c1-15-6-8-16(9-7-15)26-20(18-4-2-3-5-19(18)22)23-25(21(26)28)14-24-12-10-17(27)11-13-24/h2-9,17,27H,10-14H2,1H3/p+1. The first-order valence-corrected chi connectivity index (χ1v) is 9.97. The number of nitrogens with one attached hydrogen (secondary N) is 1. The summed E-state index contributed by atoms with van der Waals surface area (Å²) in [5.74, 6) is 0.180. The summed E-state index contributed by atoms with van der Waals surface area (Å²) in [7, 11) is 0. The Bertz CT molecular complexity index is 1020. The predicted octanol–water partition coefficient (Wildman–Crippen LogP) is 2.51. The number of halogens is 1. The molecular weight excluding hydrogens is 375 g/mol. The van der Waals surface area contributed by atoms with Crippen LogP contribution in [-0.2, 0) is 6.67 Å². The number of hydrogen-bond acceptors (Lipinski definition) is 3. The molecular formula is C21H24FN4OS+. The van der Waals surface area contributed by atoms with Gasteiger partial charge in [0.15, 0.2) is 12.5 Å². The molecule has 2 aromatic carbocycles. The van der Waals surface area contributed by atoms with Crippen LogP contribution in [-0.4, -0.2) is 38.6 Å². The second kappa shape index (κ2) is 7.95. The SMILES string of the molecule is Cc1ccc(-n2c(-c3ccccc3F)nn(C[NH+]3CCC(O)CC3)c2=S)cc1. The van der Waals surface area contributed by atoms with E-state index < -0.39 is 0 Å².